The molecule has 1 amide bonds. The Balaban J connectivity index is 1.66. The van der Waals surface area contributed by atoms with Gasteiger partial charge in [-0.05, 0) is 37.1 Å². The first-order valence-electron chi connectivity index (χ1n) is 7.33. The maximum Gasteiger partial charge on any atom is 0.237 e. The standard InChI is InChI=1S/C15H19ClN2O3/c16-11-7-10(8-13-14(11)21-6-2-5-20-13)9-18-15(19)12-3-1-4-17-12/h7-8,12,17H,1-6,9H2,(H,18,19). The maximum atomic E-state index is 12.0. The summed E-state index contributed by atoms with van der Waals surface area (Å²) >= 11 is 6.23. The Hall–Kier alpha value is -1.46. The van der Waals surface area contributed by atoms with E-state index < -0.39 is 0 Å². The molecule has 2 heterocycles. The lowest BCUT2D eigenvalue weighted by molar-refractivity contribution is -0.122. The molecule has 2 aliphatic rings. The fraction of sp³-hybridized carbons (Fsp3) is 0.533. The van der Waals surface area contributed by atoms with Gasteiger partial charge < -0.3 is 20.1 Å². The Labute approximate surface area is 128 Å². The van der Waals surface area contributed by atoms with Crippen LogP contribution in [0.15, 0.2) is 12.1 Å². The molecular weight excluding hydrogens is 292 g/mol. The Morgan fingerprint density at radius 3 is 3.00 bits per heavy atom. The van der Waals surface area contributed by atoms with E-state index >= 15 is 0 Å². The van der Waals surface area contributed by atoms with Crippen LogP contribution in [0.2, 0.25) is 5.02 Å². The lowest BCUT2D eigenvalue weighted by Gasteiger charge is -2.14. The molecule has 1 fully saturated rings. The molecule has 1 aromatic carbocycles. The minimum absolute atomic E-state index is 0.0377. The molecule has 114 valence electrons. The zero-order valence-corrected chi connectivity index (χ0v) is 12.5. The highest BCUT2D eigenvalue weighted by molar-refractivity contribution is 6.32. The van der Waals surface area contributed by atoms with Gasteiger partial charge in [0.25, 0.3) is 0 Å². The average molecular weight is 311 g/mol. The van der Waals surface area contributed by atoms with Gasteiger partial charge in [0.2, 0.25) is 5.91 Å². The van der Waals surface area contributed by atoms with E-state index in [0.29, 0.717) is 36.3 Å². The van der Waals surface area contributed by atoms with Crippen LogP contribution in [0.25, 0.3) is 0 Å². The van der Waals surface area contributed by atoms with Crippen molar-refractivity contribution in [3.05, 3.63) is 22.7 Å². The van der Waals surface area contributed by atoms with Crippen molar-refractivity contribution in [1.29, 1.82) is 0 Å². The molecule has 21 heavy (non-hydrogen) atoms. The van der Waals surface area contributed by atoms with Gasteiger partial charge in [0.15, 0.2) is 11.5 Å². The highest BCUT2D eigenvalue weighted by Crippen LogP contribution is 2.37. The number of amides is 1. The second kappa shape index (κ2) is 6.54. The summed E-state index contributed by atoms with van der Waals surface area (Å²) in [7, 11) is 0. The van der Waals surface area contributed by atoms with Crippen molar-refractivity contribution >= 4 is 17.5 Å². The molecule has 3 rings (SSSR count). The van der Waals surface area contributed by atoms with Crippen LogP contribution in [-0.4, -0.2) is 31.7 Å². The van der Waals surface area contributed by atoms with E-state index in [4.69, 9.17) is 21.1 Å². The molecule has 0 aliphatic carbocycles. The summed E-state index contributed by atoms with van der Waals surface area (Å²) in [6.07, 6.45) is 2.78. The van der Waals surface area contributed by atoms with E-state index in [-0.39, 0.29) is 11.9 Å². The summed E-state index contributed by atoms with van der Waals surface area (Å²) in [5.41, 5.74) is 0.913. The molecule has 1 aromatic rings. The van der Waals surface area contributed by atoms with E-state index in [1.807, 2.05) is 12.1 Å². The molecular formula is C15H19ClN2O3. The van der Waals surface area contributed by atoms with Crippen molar-refractivity contribution in [2.24, 2.45) is 0 Å². The monoisotopic (exact) mass is 310 g/mol. The third-order valence-electron chi connectivity index (χ3n) is 3.71. The van der Waals surface area contributed by atoms with Crippen LogP contribution in [0.3, 0.4) is 0 Å². The number of carbonyl (C=O) groups is 1. The number of nitrogens with one attached hydrogen (secondary N) is 2. The average Bonchev–Trinajstić information content (AvgIpc) is 2.91. The van der Waals surface area contributed by atoms with Gasteiger partial charge in [0.1, 0.15) is 0 Å². The SMILES string of the molecule is O=C(NCc1cc(Cl)c2c(c1)OCCCO2)C1CCCN1. The van der Waals surface area contributed by atoms with Crippen molar-refractivity contribution < 1.29 is 14.3 Å². The number of fused-ring (bicyclic) bond motifs is 1. The van der Waals surface area contributed by atoms with Crippen molar-refractivity contribution in [3.8, 4) is 11.5 Å². The number of hydrogen-bond acceptors (Lipinski definition) is 4. The molecule has 0 bridgehead atoms. The fourth-order valence-electron chi connectivity index (χ4n) is 2.61. The van der Waals surface area contributed by atoms with Gasteiger partial charge in [-0.15, -0.1) is 0 Å². The van der Waals surface area contributed by atoms with Gasteiger partial charge in [-0.1, -0.05) is 11.6 Å². The summed E-state index contributed by atoms with van der Waals surface area (Å²) in [6, 6.07) is 3.63. The third kappa shape index (κ3) is 3.41. The van der Waals surface area contributed by atoms with E-state index in [0.717, 1.165) is 31.4 Å². The second-order valence-corrected chi connectivity index (χ2v) is 5.73. The van der Waals surface area contributed by atoms with Crippen molar-refractivity contribution in [2.45, 2.75) is 31.8 Å². The van der Waals surface area contributed by atoms with E-state index in [9.17, 15) is 4.79 Å². The topological polar surface area (TPSA) is 59.6 Å². The minimum atomic E-state index is -0.0686. The summed E-state index contributed by atoms with van der Waals surface area (Å²) < 4.78 is 11.2. The van der Waals surface area contributed by atoms with Gasteiger partial charge >= 0.3 is 0 Å². The summed E-state index contributed by atoms with van der Waals surface area (Å²) in [5, 5.41) is 6.64. The minimum Gasteiger partial charge on any atom is -0.489 e. The van der Waals surface area contributed by atoms with Crippen LogP contribution in [0.4, 0.5) is 0 Å². The van der Waals surface area contributed by atoms with Gasteiger partial charge in [-0.2, -0.15) is 0 Å². The molecule has 2 aliphatic heterocycles. The third-order valence-corrected chi connectivity index (χ3v) is 3.99. The Morgan fingerprint density at radius 1 is 1.33 bits per heavy atom. The molecule has 5 nitrogen and oxygen atoms in total. The van der Waals surface area contributed by atoms with E-state index in [1.54, 1.807) is 0 Å². The number of ether oxygens (including phenoxy) is 2. The Bertz CT molecular complexity index is 530. The number of rotatable bonds is 3. The molecule has 0 aromatic heterocycles. The van der Waals surface area contributed by atoms with Crippen molar-refractivity contribution in [3.63, 3.8) is 0 Å². The highest BCUT2D eigenvalue weighted by atomic mass is 35.5. The van der Waals surface area contributed by atoms with Gasteiger partial charge in [0, 0.05) is 13.0 Å². The first kappa shape index (κ1) is 14.5. The predicted molar refractivity (Wildman–Crippen MR) is 79.9 cm³/mol. The van der Waals surface area contributed by atoms with Crippen LogP contribution in [-0.2, 0) is 11.3 Å². The van der Waals surface area contributed by atoms with Crippen LogP contribution in [0.5, 0.6) is 11.5 Å². The summed E-state index contributed by atoms with van der Waals surface area (Å²) in [5.74, 6) is 1.29. The lowest BCUT2D eigenvalue weighted by atomic mass is 10.1. The summed E-state index contributed by atoms with van der Waals surface area (Å²) in [6.45, 7) is 2.57. The summed E-state index contributed by atoms with van der Waals surface area (Å²) in [4.78, 5) is 12.0. The Kier molecular flexibility index (Phi) is 4.51. The smallest absolute Gasteiger partial charge is 0.237 e. The van der Waals surface area contributed by atoms with Crippen molar-refractivity contribution in [2.75, 3.05) is 19.8 Å². The lowest BCUT2D eigenvalue weighted by Crippen LogP contribution is -2.40. The second-order valence-electron chi connectivity index (χ2n) is 5.32. The molecule has 0 spiro atoms. The number of carbonyl (C=O) groups excluding carboxylic acids is 1. The first-order chi connectivity index (χ1) is 10.2. The van der Waals surface area contributed by atoms with E-state index in [1.165, 1.54) is 0 Å². The quantitative estimate of drug-likeness (QED) is 0.895. The van der Waals surface area contributed by atoms with Crippen LogP contribution >= 0.6 is 11.6 Å². The zero-order valence-electron chi connectivity index (χ0n) is 11.8. The fourth-order valence-corrected chi connectivity index (χ4v) is 2.89. The maximum absolute atomic E-state index is 12.0. The molecule has 1 saturated heterocycles. The predicted octanol–water partition coefficient (Wildman–Crippen LogP) is 1.87. The molecule has 0 saturated carbocycles. The van der Waals surface area contributed by atoms with Gasteiger partial charge in [-0.3, -0.25) is 4.79 Å². The Morgan fingerprint density at radius 2 is 2.19 bits per heavy atom. The van der Waals surface area contributed by atoms with Crippen LogP contribution in [0, 0.1) is 0 Å². The van der Waals surface area contributed by atoms with E-state index in [2.05, 4.69) is 10.6 Å². The largest absolute Gasteiger partial charge is 0.489 e. The molecule has 1 atom stereocenters. The van der Waals surface area contributed by atoms with Gasteiger partial charge in [0.05, 0.1) is 24.3 Å². The number of benzene rings is 1. The van der Waals surface area contributed by atoms with Crippen LogP contribution < -0.4 is 20.1 Å². The molecule has 0 radical (unpaired) electrons. The molecule has 2 N–H and O–H groups in total. The molecule has 6 heteroatoms. The molecule has 1 unspecified atom stereocenters. The normalized spacial score (nSPS) is 20.9. The number of hydrogen-bond donors (Lipinski definition) is 2. The zero-order chi connectivity index (χ0) is 14.7. The van der Waals surface area contributed by atoms with Gasteiger partial charge in [-0.25, -0.2) is 0 Å². The number of halogens is 1. The first-order valence-corrected chi connectivity index (χ1v) is 7.71. The van der Waals surface area contributed by atoms with Crippen LogP contribution in [0.1, 0.15) is 24.8 Å². The highest BCUT2D eigenvalue weighted by Gasteiger charge is 2.22. The van der Waals surface area contributed by atoms with Crippen molar-refractivity contribution in [1.82, 2.24) is 10.6 Å².